The van der Waals surface area contributed by atoms with Gasteiger partial charge in [0.2, 0.25) is 0 Å². The molecule has 0 amide bonds. The van der Waals surface area contributed by atoms with E-state index in [0.29, 0.717) is 5.56 Å². The number of rotatable bonds is 5. The summed E-state index contributed by atoms with van der Waals surface area (Å²) in [7, 11) is -2.52. The monoisotopic (exact) mass is 297 g/mol. The van der Waals surface area contributed by atoms with E-state index in [4.69, 9.17) is 15.1 Å². The molecule has 108 valence electrons. The molecule has 0 atom stereocenters. The first-order chi connectivity index (χ1) is 9.15. The molecule has 0 bridgehead atoms. The highest BCUT2D eigenvalue weighted by molar-refractivity contribution is 7.92. The van der Waals surface area contributed by atoms with Gasteiger partial charge in [-0.1, -0.05) is 6.07 Å². The summed E-state index contributed by atoms with van der Waals surface area (Å²) in [5.74, 6) is -1.58. The number of nitrogens with zero attached hydrogens (tertiary/aromatic N) is 1. The minimum Gasteiger partial charge on any atom is -0.495 e. The van der Waals surface area contributed by atoms with Crippen molar-refractivity contribution in [1.29, 1.82) is 5.26 Å². The molecule has 0 aliphatic heterocycles. The highest BCUT2D eigenvalue weighted by Gasteiger charge is 2.41. The molecule has 20 heavy (non-hydrogen) atoms. The zero-order valence-electron chi connectivity index (χ0n) is 11.4. The molecule has 0 aromatic heterocycles. The highest BCUT2D eigenvalue weighted by atomic mass is 32.2. The van der Waals surface area contributed by atoms with E-state index >= 15 is 0 Å². The highest BCUT2D eigenvalue weighted by Crippen LogP contribution is 2.25. The summed E-state index contributed by atoms with van der Waals surface area (Å²) in [4.78, 5) is 11.0. The number of ether oxygens (including phenoxy) is 1. The molecule has 6 nitrogen and oxygen atoms in total. The molecule has 0 radical (unpaired) electrons. The lowest BCUT2D eigenvalue weighted by molar-refractivity contribution is -0.139. The average molecular weight is 297 g/mol. The van der Waals surface area contributed by atoms with Crippen molar-refractivity contribution < 1.29 is 23.1 Å². The molecule has 1 aromatic carbocycles. The van der Waals surface area contributed by atoms with Gasteiger partial charge in [-0.2, -0.15) is 5.26 Å². The third-order valence-corrected chi connectivity index (χ3v) is 5.48. The Morgan fingerprint density at radius 1 is 1.45 bits per heavy atom. The molecule has 7 heteroatoms. The number of carboxylic acid groups (broad SMARTS) is 1. The lowest BCUT2D eigenvalue weighted by atomic mass is 10.1. The fraction of sp³-hybridized carbons (Fsp3) is 0.385. The number of carbonyl (C=O) groups is 1. The van der Waals surface area contributed by atoms with Crippen molar-refractivity contribution >= 4 is 15.8 Å². The molecule has 1 aromatic rings. The maximum atomic E-state index is 12.1. The molecule has 0 fully saturated rings. The zero-order valence-corrected chi connectivity index (χ0v) is 12.2. The lowest BCUT2D eigenvalue weighted by Gasteiger charge is -2.19. The molecule has 0 saturated heterocycles. The van der Waals surface area contributed by atoms with Crippen LogP contribution in [0.3, 0.4) is 0 Å². The van der Waals surface area contributed by atoms with E-state index < -0.39 is 26.3 Å². The Balaban J connectivity index is 3.18. The van der Waals surface area contributed by atoms with Gasteiger partial charge in [0.1, 0.15) is 11.8 Å². The van der Waals surface area contributed by atoms with Crippen LogP contribution in [0.2, 0.25) is 0 Å². The second-order valence-electron chi connectivity index (χ2n) is 4.72. The Labute approximate surface area is 117 Å². The van der Waals surface area contributed by atoms with Crippen LogP contribution < -0.4 is 4.74 Å². The Morgan fingerprint density at radius 3 is 2.50 bits per heavy atom. The van der Waals surface area contributed by atoms with Crippen molar-refractivity contribution in [2.24, 2.45) is 0 Å². The quantitative estimate of drug-likeness (QED) is 0.879. The van der Waals surface area contributed by atoms with Gasteiger partial charge in [-0.3, -0.25) is 4.79 Å². The van der Waals surface area contributed by atoms with Crippen molar-refractivity contribution in [3.8, 4) is 11.8 Å². The van der Waals surface area contributed by atoms with E-state index in [-0.39, 0.29) is 11.3 Å². The van der Waals surface area contributed by atoms with Crippen LogP contribution in [0.4, 0.5) is 0 Å². The fourth-order valence-corrected chi connectivity index (χ4v) is 2.70. The van der Waals surface area contributed by atoms with Crippen LogP contribution in [0.25, 0.3) is 0 Å². The van der Waals surface area contributed by atoms with Crippen LogP contribution in [0, 0.1) is 11.3 Å². The van der Waals surface area contributed by atoms with Crippen molar-refractivity contribution in [1.82, 2.24) is 0 Å². The van der Waals surface area contributed by atoms with Gasteiger partial charge in [0, 0.05) is 0 Å². The zero-order chi connectivity index (χ0) is 15.6. The van der Waals surface area contributed by atoms with Crippen LogP contribution in [0.15, 0.2) is 18.2 Å². The second-order valence-corrected chi connectivity index (χ2v) is 7.26. The first kappa shape index (κ1) is 16.0. The largest absolute Gasteiger partial charge is 0.495 e. The molecule has 0 aliphatic rings. The fourth-order valence-electron chi connectivity index (χ4n) is 1.45. The summed E-state index contributed by atoms with van der Waals surface area (Å²) in [6, 6.07) is 6.25. The first-order valence-electron chi connectivity index (χ1n) is 5.68. The number of methoxy groups -OCH3 is 1. The van der Waals surface area contributed by atoms with Gasteiger partial charge < -0.3 is 9.84 Å². The summed E-state index contributed by atoms with van der Waals surface area (Å²) < 4.78 is 27.4. The van der Waals surface area contributed by atoms with Crippen LogP contribution in [-0.2, 0) is 20.4 Å². The Hall–Kier alpha value is -2.07. The van der Waals surface area contributed by atoms with Gasteiger partial charge in [-0.25, -0.2) is 8.42 Å². The van der Waals surface area contributed by atoms with Crippen LogP contribution in [0.5, 0.6) is 5.75 Å². The second kappa shape index (κ2) is 5.51. The van der Waals surface area contributed by atoms with Gasteiger partial charge in [-0.15, -0.1) is 0 Å². The van der Waals surface area contributed by atoms with E-state index in [9.17, 15) is 13.2 Å². The van der Waals surface area contributed by atoms with Gasteiger partial charge in [0.05, 0.1) is 18.4 Å². The lowest BCUT2D eigenvalue weighted by Crippen LogP contribution is -2.41. The normalized spacial score (nSPS) is 11.7. The van der Waals surface area contributed by atoms with Crippen molar-refractivity contribution in [3.63, 3.8) is 0 Å². The molecular formula is C13H15NO5S. The van der Waals surface area contributed by atoms with E-state index in [1.165, 1.54) is 25.3 Å². The molecule has 0 unspecified atom stereocenters. The summed E-state index contributed by atoms with van der Waals surface area (Å²) >= 11 is 0. The smallest absolute Gasteiger partial charge is 0.324 e. The molecular weight excluding hydrogens is 282 g/mol. The molecule has 0 aliphatic carbocycles. The minimum absolute atomic E-state index is 0.258. The number of aliphatic carboxylic acids is 1. The number of hydrogen-bond acceptors (Lipinski definition) is 5. The van der Waals surface area contributed by atoms with E-state index in [1.807, 2.05) is 6.07 Å². The van der Waals surface area contributed by atoms with E-state index in [1.54, 1.807) is 0 Å². The molecule has 0 heterocycles. The molecule has 0 saturated carbocycles. The number of sulfone groups is 1. The predicted octanol–water partition coefficient (Wildman–Crippen LogP) is 1.34. The Kier molecular flexibility index (Phi) is 4.40. The predicted molar refractivity (Wildman–Crippen MR) is 72.0 cm³/mol. The number of benzene rings is 1. The Morgan fingerprint density at radius 2 is 2.05 bits per heavy atom. The molecule has 1 rings (SSSR count). The third kappa shape index (κ3) is 2.91. The van der Waals surface area contributed by atoms with Gasteiger partial charge in [0.25, 0.3) is 0 Å². The summed E-state index contributed by atoms with van der Waals surface area (Å²) in [6.07, 6.45) is 0. The summed E-state index contributed by atoms with van der Waals surface area (Å²) in [6.45, 7) is 2.29. The minimum atomic E-state index is -3.89. The molecule has 1 N–H and O–H groups in total. The summed E-state index contributed by atoms with van der Waals surface area (Å²) in [5.41, 5.74) is 0.654. The Bertz CT molecular complexity index is 670. The van der Waals surface area contributed by atoms with Gasteiger partial charge in [0.15, 0.2) is 14.6 Å². The van der Waals surface area contributed by atoms with Crippen LogP contribution in [-0.4, -0.2) is 31.4 Å². The van der Waals surface area contributed by atoms with Gasteiger partial charge in [-0.05, 0) is 31.5 Å². The van der Waals surface area contributed by atoms with Gasteiger partial charge >= 0.3 is 5.97 Å². The van der Waals surface area contributed by atoms with E-state index in [2.05, 4.69) is 0 Å². The topological polar surface area (TPSA) is 104 Å². The first-order valence-corrected chi connectivity index (χ1v) is 7.33. The number of nitriles is 1. The van der Waals surface area contributed by atoms with Crippen molar-refractivity contribution in [3.05, 3.63) is 29.3 Å². The van der Waals surface area contributed by atoms with Crippen molar-refractivity contribution in [2.75, 3.05) is 7.11 Å². The van der Waals surface area contributed by atoms with Crippen LogP contribution in [0.1, 0.15) is 25.0 Å². The number of carboxylic acids is 1. The maximum Gasteiger partial charge on any atom is 0.324 e. The maximum absolute atomic E-state index is 12.1. The number of hydrogen-bond donors (Lipinski definition) is 1. The van der Waals surface area contributed by atoms with Crippen molar-refractivity contribution in [2.45, 2.75) is 24.3 Å². The summed E-state index contributed by atoms with van der Waals surface area (Å²) in [5, 5.41) is 17.8. The molecule has 0 spiro atoms. The van der Waals surface area contributed by atoms with E-state index in [0.717, 1.165) is 13.8 Å². The standard InChI is InChI=1S/C13H15NO5S/c1-13(2,12(15)16)20(17,18)8-9-4-5-10(7-14)11(6-9)19-3/h4-6H,8H2,1-3H3,(H,15,16). The third-order valence-electron chi connectivity index (χ3n) is 3.04. The SMILES string of the molecule is COc1cc(CS(=O)(=O)C(C)(C)C(=O)O)ccc1C#N. The average Bonchev–Trinajstić information content (AvgIpc) is 2.37. The van der Waals surface area contributed by atoms with Crippen LogP contribution >= 0.6 is 0 Å².